The van der Waals surface area contributed by atoms with Gasteiger partial charge in [-0.1, -0.05) is 24.3 Å². The van der Waals surface area contributed by atoms with Crippen molar-refractivity contribution in [3.8, 4) is 11.5 Å². The van der Waals surface area contributed by atoms with Gasteiger partial charge in [0, 0.05) is 19.3 Å². The van der Waals surface area contributed by atoms with Crippen molar-refractivity contribution >= 4 is 11.9 Å². The van der Waals surface area contributed by atoms with Gasteiger partial charge in [-0.25, -0.2) is 4.31 Å². The molecule has 0 saturated heterocycles. The molecule has 1 heterocycles. The van der Waals surface area contributed by atoms with Crippen molar-refractivity contribution in [3.63, 3.8) is 0 Å². The molecule has 2 aromatic carbocycles. The number of benzene rings is 2. The van der Waals surface area contributed by atoms with Crippen LogP contribution in [0.25, 0.3) is 0 Å². The van der Waals surface area contributed by atoms with Crippen LogP contribution in [0, 0.1) is 0 Å². The Hall–Kier alpha value is -2.48. The number of aliphatic hydroxyl groups is 1. The second-order valence-electron chi connectivity index (χ2n) is 7.77. The summed E-state index contributed by atoms with van der Waals surface area (Å²) in [4.78, 5) is 1.03. The van der Waals surface area contributed by atoms with E-state index in [4.69, 9.17) is 9.47 Å². The second kappa shape index (κ2) is 10.0. The number of hydrogen-bond donors (Lipinski definition) is 1. The fourth-order valence-corrected chi connectivity index (χ4v) is 4.00. The van der Waals surface area contributed by atoms with Gasteiger partial charge in [-0.05, 0) is 61.2 Å². The zero-order chi connectivity index (χ0) is 21.6. The maximum Gasteiger partial charge on any atom is 0.118 e. The van der Waals surface area contributed by atoms with E-state index in [2.05, 4.69) is 33.7 Å². The monoisotopic (exact) mass is 427 g/mol. The molecule has 0 amide bonds. The van der Waals surface area contributed by atoms with Crippen molar-refractivity contribution in [2.45, 2.75) is 44.0 Å². The second-order valence-corrected chi connectivity index (χ2v) is 8.94. The van der Waals surface area contributed by atoms with Crippen molar-refractivity contribution in [3.05, 3.63) is 72.1 Å². The molecule has 0 aliphatic rings. The molecule has 0 atom stereocenters. The molecule has 3 aromatic rings. The molecule has 1 N–H and O–H groups in total. The summed E-state index contributed by atoms with van der Waals surface area (Å²) in [6.07, 6.45) is 3.81. The Kier molecular flexibility index (Phi) is 7.42. The number of aromatic nitrogens is 2. The topological polar surface area (TPSA) is 59.8 Å². The average Bonchev–Trinajstić information content (AvgIpc) is 3.14. The Balaban J connectivity index is 1.75. The predicted octanol–water partition coefficient (Wildman–Crippen LogP) is 4.38. The third kappa shape index (κ3) is 6.79. The van der Waals surface area contributed by atoms with Gasteiger partial charge in [0.25, 0.3) is 0 Å². The van der Waals surface area contributed by atoms with Crippen molar-refractivity contribution in [2.24, 2.45) is 0 Å². The molecule has 30 heavy (non-hydrogen) atoms. The van der Waals surface area contributed by atoms with Crippen molar-refractivity contribution < 1.29 is 14.6 Å². The zero-order valence-corrected chi connectivity index (χ0v) is 18.7. The maximum atomic E-state index is 10.0. The van der Waals surface area contributed by atoms with Crippen LogP contribution in [0.5, 0.6) is 11.5 Å². The minimum atomic E-state index is -0.806. The Bertz CT molecular complexity index is 869. The highest BCUT2D eigenvalue weighted by Crippen LogP contribution is 2.28. The van der Waals surface area contributed by atoms with Gasteiger partial charge >= 0.3 is 0 Å². The molecule has 0 unspecified atom stereocenters. The van der Waals surface area contributed by atoms with E-state index < -0.39 is 5.60 Å². The molecular weight excluding hydrogens is 398 g/mol. The summed E-state index contributed by atoms with van der Waals surface area (Å²) in [5.74, 6) is 1.70. The van der Waals surface area contributed by atoms with Crippen LogP contribution in [0.1, 0.15) is 25.0 Å². The fraction of sp³-hybridized carbons (Fsp3) is 0.348. The van der Waals surface area contributed by atoms with Gasteiger partial charge < -0.3 is 14.6 Å². The summed E-state index contributed by atoms with van der Waals surface area (Å²) < 4.78 is 14.6. The van der Waals surface area contributed by atoms with Crippen LogP contribution >= 0.6 is 11.9 Å². The van der Waals surface area contributed by atoms with Crippen molar-refractivity contribution in [2.75, 3.05) is 14.2 Å². The molecule has 0 bridgehead atoms. The summed E-state index contributed by atoms with van der Waals surface area (Å²) in [5, 5.41) is 14.4. The summed E-state index contributed by atoms with van der Waals surface area (Å²) >= 11 is 1.65. The highest BCUT2D eigenvalue weighted by molar-refractivity contribution is 7.97. The highest BCUT2D eigenvalue weighted by atomic mass is 32.2. The Morgan fingerprint density at radius 2 is 1.43 bits per heavy atom. The zero-order valence-electron chi connectivity index (χ0n) is 17.9. The van der Waals surface area contributed by atoms with Crippen molar-refractivity contribution in [1.29, 1.82) is 0 Å². The third-order valence-corrected chi connectivity index (χ3v) is 5.37. The van der Waals surface area contributed by atoms with E-state index in [0.717, 1.165) is 29.5 Å². The van der Waals surface area contributed by atoms with E-state index in [0.29, 0.717) is 6.54 Å². The molecule has 0 spiro atoms. The lowest BCUT2D eigenvalue weighted by molar-refractivity contribution is 0.0577. The first kappa shape index (κ1) is 22.2. The van der Waals surface area contributed by atoms with Crippen LogP contribution < -0.4 is 9.47 Å². The number of nitrogens with zero attached hydrogens (tertiary/aromatic N) is 3. The number of hydrogen-bond acceptors (Lipinski definition) is 6. The van der Waals surface area contributed by atoms with Crippen LogP contribution in [-0.2, 0) is 19.6 Å². The first-order chi connectivity index (χ1) is 14.3. The molecular formula is C23H29N3O3S. The van der Waals surface area contributed by atoms with Crippen LogP contribution in [0.3, 0.4) is 0 Å². The predicted molar refractivity (Wildman–Crippen MR) is 120 cm³/mol. The van der Waals surface area contributed by atoms with Gasteiger partial charge in [-0.3, -0.25) is 4.68 Å². The first-order valence-electron chi connectivity index (χ1n) is 9.78. The molecule has 160 valence electrons. The number of ether oxygens (including phenoxy) is 2. The molecule has 7 heteroatoms. The molecule has 0 saturated carbocycles. The lowest BCUT2D eigenvalue weighted by Gasteiger charge is -2.21. The third-order valence-electron chi connectivity index (χ3n) is 4.43. The Labute approximate surface area is 182 Å². The van der Waals surface area contributed by atoms with Crippen LogP contribution in [0.4, 0.5) is 0 Å². The highest BCUT2D eigenvalue weighted by Gasteiger charge is 2.16. The summed E-state index contributed by atoms with van der Waals surface area (Å²) in [5.41, 5.74) is 1.58. The standard InChI is InChI=1S/C23H29N3O3S/c1-23(2,27)17-25-16-22(13-24-25)30-26(14-18-5-9-20(28-3)10-6-18)15-19-7-11-21(29-4)12-8-19/h5-13,16,27H,14-15,17H2,1-4H3. The van der Waals surface area contributed by atoms with Crippen LogP contribution in [0.15, 0.2) is 65.8 Å². The van der Waals surface area contributed by atoms with E-state index in [1.54, 1.807) is 44.7 Å². The fourth-order valence-electron chi connectivity index (χ4n) is 3.01. The number of methoxy groups -OCH3 is 2. The van der Waals surface area contributed by atoms with E-state index in [9.17, 15) is 5.11 Å². The lowest BCUT2D eigenvalue weighted by Crippen LogP contribution is -2.26. The van der Waals surface area contributed by atoms with Gasteiger partial charge in [0.05, 0.1) is 37.5 Å². The van der Waals surface area contributed by atoms with E-state index in [-0.39, 0.29) is 0 Å². The molecule has 0 aliphatic heterocycles. The van der Waals surface area contributed by atoms with Gasteiger partial charge in [-0.15, -0.1) is 0 Å². The Morgan fingerprint density at radius 1 is 0.933 bits per heavy atom. The van der Waals surface area contributed by atoms with E-state index in [1.165, 1.54) is 11.1 Å². The minimum absolute atomic E-state index is 0.449. The maximum absolute atomic E-state index is 10.0. The molecule has 0 aliphatic carbocycles. The van der Waals surface area contributed by atoms with Crippen LogP contribution in [-0.4, -0.2) is 39.0 Å². The minimum Gasteiger partial charge on any atom is -0.497 e. The van der Waals surface area contributed by atoms with E-state index in [1.807, 2.05) is 36.7 Å². The van der Waals surface area contributed by atoms with Gasteiger partial charge in [0.1, 0.15) is 11.5 Å². The largest absolute Gasteiger partial charge is 0.497 e. The van der Waals surface area contributed by atoms with E-state index >= 15 is 0 Å². The molecule has 0 fully saturated rings. The summed E-state index contributed by atoms with van der Waals surface area (Å²) in [6.45, 7) is 5.53. The Morgan fingerprint density at radius 3 is 1.87 bits per heavy atom. The molecule has 1 aromatic heterocycles. The first-order valence-corrected chi connectivity index (χ1v) is 10.6. The smallest absolute Gasteiger partial charge is 0.118 e. The quantitative estimate of drug-likeness (QED) is 0.485. The molecule has 3 rings (SSSR count). The SMILES string of the molecule is COc1ccc(CN(Cc2ccc(OC)cc2)Sc2cnn(CC(C)(C)O)c2)cc1. The van der Waals surface area contributed by atoms with Gasteiger partial charge in [-0.2, -0.15) is 5.10 Å². The van der Waals surface area contributed by atoms with Gasteiger partial charge in [0.15, 0.2) is 0 Å². The summed E-state index contributed by atoms with van der Waals surface area (Å²) in [7, 11) is 3.35. The van der Waals surface area contributed by atoms with Gasteiger partial charge in [0.2, 0.25) is 0 Å². The molecule has 0 radical (unpaired) electrons. The molecule has 6 nitrogen and oxygen atoms in total. The number of rotatable bonds is 10. The van der Waals surface area contributed by atoms with Crippen molar-refractivity contribution in [1.82, 2.24) is 14.1 Å². The lowest BCUT2D eigenvalue weighted by atomic mass is 10.1. The normalized spacial score (nSPS) is 11.7. The van der Waals surface area contributed by atoms with Crippen LogP contribution in [0.2, 0.25) is 0 Å². The average molecular weight is 428 g/mol. The summed E-state index contributed by atoms with van der Waals surface area (Å²) in [6, 6.07) is 16.2.